The third kappa shape index (κ3) is 3.39. The van der Waals surface area contributed by atoms with Crippen molar-refractivity contribution in [2.24, 2.45) is 0 Å². The molecule has 1 amide bonds. The van der Waals surface area contributed by atoms with Crippen molar-refractivity contribution >= 4 is 17.5 Å². The minimum Gasteiger partial charge on any atom is -0.479 e. The summed E-state index contributed by atoms with van der Waals surface area (Å²) >= 11 is 0. The Labute approximate surface area is 133 Å². The number of hydrogen-bond donors (Lipinski definition) is 1. The molecule has 1 aromatic heterocycles. The fourth-order valence-corrected chi connectivity index (χ4v) is 2.48. The van der Waals surface area contributed by atoms with Crippen LogP contribution in [-0.2, 0) is 11.3 Å². The maximum Gasteiger partial charge on any atom is 0.255 e. The number of nitrogens with one attached hydrogen (secondary N) is 1. The van der Waals surface area contributed by atoms with Gasteiger partial charge in [0.1, 0.15) is 0 Å². The van der Waals surface area contributed by atoms with Crippen LogP contribution in [0.3, 0.4) is 0 Å². The third-order valence-corrected chi connectivity index (χ3v) is 3.68. The van der Waals surface area contributed by atoms with Crippen LogP contribution in [0.25, 0.3) is 0 Å². The highest BCUT2D eigenvalue weighted by Crippen LogP contribution is 2.22. The molecule has 6 nitrogen and oxygen atoms in total. The largest absolute Gasteiger partial charge is 0.479 e. The van der Waals surface area contributed by atoms with Gasteiger partial charge in [-0.3, -0.25) is 4.79 Å². The Bertz CT molecular complexity index is 706. The zero-order valence-corrected chi connectivity index (χ0v) is 12.8. The number of nitrogens with zero attached hydrogens (tertiary/aromatic N) is 3. The number of ether oxygens (including phenoxy) is 1. The van der Waals surface area contributed by atoms with Crippen molar-refractivity contribution in [3.05, 3.63) is 41.8 Å². The molecule has 2 aromatic rings. The lowest BCUT2D eigenvalue weighted by Gasteiger charge is -2.16. The average molecular weight is 316 g/mol. The molecule has 0 radical (unpaired) electrons. The molecule has 23 heavy (non-hydrogen) atoms. The summed E-state index contributed by atoms with van der Waals surface area (Å²) in [6.07, 6.45) is 2.59. The van der Waals surface area contributed by atoms with Crippen molar-refractivity contribution in [1.29, 1.82) is 0 Å². The van der Waals surface area contributed by atoms with E-state index in [-0.39, 0.29) is 11.8 Å². The van der Waals surface area contributed by atoms with Crippen molar-refractivity contribution < 1.29 is 13.9 Å². The molecule has 7 heteroatoms. The first-order chi connectivity index (χ1) is 11.2. The van der Waals surface area contributed by atoms with E-state index in [0.717, 1.165) is 30.4 Å². The highest BCUT2D eigenvalue weighted by molar-refractivity contribution is 5.95. The molecule has 1 aliphatic rings. The first-order valence-electron chi connectivity index (χ1n) is 7.37. The van der Waals surface area contributed by atoms with Crippen LogP contribution in [-0.4, -0.2) is 29.5 Å². The van der Waals surface area contributed by atoms with Gasteiger partial charge >= 0.3 is 0 Å². The van der Waals surface area contributed by atoms with Gasteiger partial charge in [0.15, 0.2) is 0 Å². The second-order valence-electron chi connectivity index (χ2n) is 5.22. The number of halogens is 1. The van der Waals surface area contributed by atoms with E-state index in [0.29, 0.717) is 18.9 Å². The second-order valence-corrected chi connectivity index (χ2v) is 5.22. The van der Waals surface area contributed by atoms with E-state index in [4.69, 9.17) is 4.74 Å². The molecular weight excluding hydrogens is 299 g/mol. The quantitative estimate of drug-likeness (QED) is 0.917. The Morgan fingerprint density at radius 1 is 1.35 bits per heavy atom. The molecule has 0 bridgehead atoms. The minimum absolute atomic E-state index is 0.0922. The van der Waals surface area contributed by atoms with Crippen molar-refractivity contribution in [1.82, 2.24) is 9.97 Å². The van der Waals surface area contributed by atoms with Crippen LogP contribution in [0.1, 0.15) is 18.4 Å². The summed E-state index contributed by atoms with van der Waals surface area (Å²) in [6.45, 7) is 1.27. The number of hydrogen-bond acceptors (Lipinski definition) is 5. The summed E-state index contributed by atoms with van der Waals surface area (Å²) in [5.41, 5.74) is 1.92. The van der Waals surface area contributed by atoms with E-state index < -0.39 is 5.82 Å². The van der Waals surface area contributed by atoms with Crippen LogP contribution >= 0.6 is 0 Å². The number of rotatable bonds is 5. The Kier molecular flexibility index (Phi) is 4.36. The molecule has 1 N–H and O–H groups in total. The van der Waals surface area contributed by atoms with E-state index in [1.165, 1.54) is 7.11 Å². The molecule has 0 aliphatic carbocycles. The third-order valence-electron chi connectivity index (χ3n) is 3.68. The zero-order chi connectivity index (χ0) is 16.2. The summed E-state index contributed by atoms with van der Waals surface area (Å²) in [4.78, 5) is 21.3. The number of carbonyl (C=O) groups is 1. The molecule has 1 aromatic carbocycles. The van der Waals surface area contributed by atoms with Gasteiger partial charge in [-0.15, -0.1) is 0 Å². The van der Waals surface area contributed by atoms with Crippen molar-refractivity contribution in [3.63, 3.8) is 0 Å². The molecule has 0 spiro atoms. The number of aromatic nitrogens is 2. The summed E-state index contributed by atoms with van der Waals surface area (Å²) in [7, 11) is 1.35. The summed E-state index contributed by atoms with van der Waals surface area (Å²) < 4.78 is 18.1. The number of carbonyl (C=O) groups excluding carboxylic acids is 1. The Morgan fingerprint density at radius 3 is 2.78 bits per heavy atom. The molecule has 0 saturated carbocycles. The number of amides is 1. The molecule has 1 aliphatic heterocycles. The standard InChI is InChI=1S/C16H17FN4O2/c1-23-15-13(17)10-19-16(20-15)18-9-11-4-6-12(7-5-11)21-8-2-3-14(21)22/h4-7,10H,2-3,8-9H2,1H3,(H,18,19,20). The van der Waals surface area contributed by atoms with Gasteiger partial charge in [0, 0.05) is 25.2 Å². The van der Waals surface area contributed by atoms with E-state index in [1.54, 1.807) is 4.90 Å². The van der Waals surface area contributed by atoms with Gasteiger partial charge in [0.25, 0.3) is 5.88 Å². The van der Waals surface area contributed by atoms with Crippen LogP contribution in [0, 0.1) is 5.82 Å². The van der Waals surface area contributed by atoms with Crippen molar-refractivity contribution in [2.45, 2.75) is 19.4 Å². The van der Waals surface area contributed by atoms with Crippen LogP contribution in [0.2, 0.25) is 0 Å². The van der Waals surface area contributed by atoms with Gasteiger partial charge in [-0.1, -0.05) is 12.1 Å². The van der Waals surface area contributed by atoms with Crippen molar-refractivity contribution in [2.75, 3.05) is 23.9 Å². The van der Waals surface area contributed by atoms with E-state index in [1.807, 2.05) is 24.3 Å². The fraction of sp³-hybridized carbons (Fsp3) is 0.312. The van der Waals surface area contributed by atoms with Gasteiger partial charge < -0.3 is 15.0 Å². The Balaban J connectivity index is 1.63. The molecule has 120 valence electrons. The topological polar surface area (TPSA) is 67.3 Å². The molecule has 1 fully saturated rings. The molecular formula is C16H17FN4O2. The van der Waals surface area contributed by atoms with E-state index in [2.05, 4.69) is 15.3 Å². The smallest absolute Gasteiger partial charge is 0.255 e. The highest BCUT2D eigenvalue weighted by Gasteiger charge is 2.21. The maximum atomic E-state index is 13.2. The molecule has 0 atom stereocenters. The maximum absolute atomic E-state index is 13.2. The predicted octanol–water partition coefficient (Wildman–Crippen LogP) is 2.36. The zero-order valence-electron chi connectivity index (χ0n) is 12.8. The molecule has 1 saturated heterocycles. The average Bonchev–Trinajstić information content (AvgIpc) is 3.00. The number of anilines is 2. The summed E-state index contributed by atoms with van der Waals surface area (Å²) in [5.74, 6) is -0.229. The van der Waals surface area contributed by atoms with E-state index in [9.17, 15) is 9.18 Å². The monoisotopic (exact) mass is 316 g/mol. The van der Waals surface area contributed by atoms with Crippen LogP contribution < -0.4 is 15.0 Å². The predicted molar refractivity (Wildman–Crippen MR) is 83.9 cm³/mol. The lowest BCUT2D eigenvalue weighted by Crippen LogP contribution is -2.23. The van der Waals surface area contributed by atoms with Crippen LogP contribution in [0.15, 0.2) is 30.5 Å². The summed E-state index contributed by atoms with van der Waals surface area (Å²) in [5, 5.41) is 3.01. The lowest BCUT2D eigenvalue weighted by molar-refractivity contribution is -0.117. The molecule has 3 rings (SSSR count). The van der Waals surface area contributed by atoms with E-state index >= 15 is 0 Å². The molecule has 0 unspecified atom stereocenters. The Morgan fingerprint density at radius 2 is 2.13 bits per heavy atom. The SMILES string of the molecule is COc1nc(NCc2ccc(N3CCCC3=O)cc2)ncc1F. The number of benzene rings is 1. The lowest BCUT2D eigenvalue weighted by atomic mass is 10.2. The van der Waals surface area contributed by atoms with Gasteiger partial charge in [-0.05, 0) is 24.1 Å². The van der Waals surface area contributed by atoms with Gasteiger partial charge in [0.05, 0.1) is 13.3 Å². The highest BCUT2D eigenvalue weighted by atomic mass is 19.1. The summed E-state index contributed by atoms with van der Waals surface area (Å²) in [6, 6.07) is 7.72. The Hall–Kier alpha value is -2.70. The fourth-order valence-electron chi connectivity index (χ4n) is 2.48. The van der Waals surface area contributed by atoms with Gasteiger partial charge in [-0.25, -0.2) is 4.98 Å². The first kappa shape index (κ1) is 15.2. The van der Waals surface area contributed by atoms with Crippen molar-refractivity contribution in [3.8, 4) is 5.88 Å². The van der Waals surface area contributed by atoms with Gasteiger partial charge in [0.2, 0.25) is 17.7 Å². The van der Waals surface area contributed by atoms with Crippen LogP contribution in [0.5, 0.6) is 5.88 Å². The second kappa shape index (κ2) is 6.60. The number of methoxy groups -OCH3 is 1. The minimum atomic E-state index is -0.599. The van der Waals surface area contributed by atoms with Crippen LogP contribution in [0.4, 0.5) is 16.0 Å². The van der Waals surface area contributed by atoms with Gasteiger partial charge in [-0.2, -0.15) is 9.37 Å². The normalized spacial score (nSPS) is 14.2. The first-order valence-corrected chi connectivity index (χ1v) is 7.37. The molecule has 2 heterocycles.